The SMILES string of the molecule is CN1c2nc(C#N)c(C#N)nc2N=C2C3=C4c5c(cccc5C21)C=CC4CC=C3. The van der Waals surface area contributed by atoms with Crippen molar-refractivity contribution in [3.8, 4) is 12.1 Å². The van der Waals surface area contributed by atoms with Crippen LogP contribution in [0.1, 0.15) is 40.5 Å². The summed E-state index contributed by atoms with van der Waals surface area (Å²) in [7, 11) is 1.95. The fourth-order valence-electron chi connectivity index (χ4n) is 4.87. The highest BCUT2D eigenvalue weighted by Gasteiger charge is 2.42. The van der Waals surface area contributed by atoms with E-state index < -0.39 is 0 Å². The summed E-state index contributed by atoms with van der Waals surface area (Å²) < 4.78 is 0. The molecule has 2 aromatic rings. The molecule has 6 heteroatoms. The third-order valence-electron chi connectivity index (χ3n) is 6.09. The van der Waals surface area contributed by atoms with Gasteiger partial charge in [0, 0.05) is 18.5 Å². The molecule has 136 valence electrons. The van der Waals surface area contributed by atoms with Gasteiger partial charge in [0.25, 0.3) is 0 Å². The van der Waals surface area contributed by atoms with Crippen LogP contribution in [0.25, 0.3) is 11.6 Å². The molecule has 2 unspecified atom stereocenters. The lowest BCUT2D eigenvalue weighted by atomic mass is 9.69. The van der Waals surface area contributed by atoms with E-state index in [1.165, 1.54) is 22.3 Å². The first-order valence-corrected chi connectivity index (χ1v) is 9.47. The molecule has 6 nitrogen and oxygen atoms in total. The number of anilines is 1. The number of hydrogen-bond acceptors (Lipinski definition) is 6. The molecular weight excluding hydrogens is 360 g/mol. The van der Waals surface area contributed by atoms with E-state index >= 15 is 0 Å². The molecule has 6 rings (SSSR count). The van der Waals surface area contributed by atoms with Crippen molar-refractivity contribution in [1.29, 1.82) is 10.5 Å². The molecule has 0 saturated carbocycles. The maximum atomic E-state index is 9.37. The number of allylic oxidation sites excluding steroid dienone is 4. The average molecular weight is 374 g/mol. The van der Waals surface area contributed by atoms with E-state index in [4.69, 9.17) is 4.99 Å². The maximum absolute atomic E-state index is 9.37. The number of benzene rings is 1. The van der Waals surface area contributed by atoms with Gasteiger partial charge in [-0.15, -0.1) is 0 Å². The fraction of sp³-hybridized carbons (Fsp3) is 0.174. The third-order valence-corrected chi connectivity index (χ3v) is 6.09. The summed E-state index contributed by atoms with van der Waals surface area (Å²) in [6.07, 6.45) is 9.84. The molecule has 29 heavy (non-hydrogen) atoms. The molecule has 2 heterocycles. The fourth-order valence-corrected chi connectivity index (χ4v) is 4.87. The van der Waals surface area contributed by atoms with Crippen LogP contribution in [0.4, 0.5) is 11.6 Å². The zero-order chi connectivity index (χ0) is 19.7. The molecule has 0 N–H and O–H groups in total. The normalized spacial score (nSPS) is 22.2. The molecule has 3 aliphatic carbocycles. The first kappa shape index (κ1) is 16.0. The van der Waals surface area contributed by atoms with Crippen molar-refractivity contribution in [1.82, 2.24) is 9.97 Å². The van der Waals surface area contributed by atoms with Gasteiger partial charge in [-0.1, -0.05) is 42.5 Å². The van der Waals surface area contributed by atoms with Gasteiger partial charge in [-0.3, -0.25) is 0 Å². The quantitative estimate of drug-likeness (QED) is 0.699. The highest BCUT2D eigenvalue weighted by Crippen LogP contribution is 2.51. The van der Waals surface area contributed by atoms with Gasteiger partial charge >= 0.3 is 0 Å². The second-order valence-corrected chi connectivity index (χ2v) is 7.54. The Bertz CT molecular complexity index is 1330. The molecule has 0 amide bonds. The lowest BCUT2D eigenvalue weighted by molar-refractivity contribution is 0.775. The van der Waals surface area contributed by atoms with Gasteiger partial charge in [-0.25, -0.2) is 15.0 Å². The van der Waals surface area contributed by atoms with E-state index in [0.717, 1.165) is 17.7 Å². The molecule has 0 fully saturated rings. The van der Waals surface area contributed by atoms with Crippen LogP contribution in [0.5, 0.6) is 0 Å². The van der Waals surface area contributed by atoms with Crippen molar-refractivity contribution < 1.29 is 0 Å². The van der Waals surface area contributed by atoms with E-state index in [9.17, 15) is 10.5 Å². The standard InChI is InChI=1S/C23H14N6/c1-29-21-15-7-3-5-13-9-8-12-4-2-6-14(18(12)19(13)15)20(21)28-22-23(29)27-17(11-25)16(10-24)26-22/h2-3,5-9,12,21H,4H2,1H3. The second-order valence-electron chi connectivity index (χ2n) is 7.54. The largest absolute Gasteiger partial charge is 0.344 e. The van der Waals surface area contributed by atoms with Gasteiger partial charge in [0.1, 0.15) is 12.1 Å². The Morgan fingerprint density at radius 2 is 1.93 bits per heavy atom. The van der Waals surface area contributed by atoms with Gasteiger partial charge in [0.15, 0.2) is 23.0 Å². The number of nitrogens with zero attached hydrogens (tertiary/aromatic N) is 6. The van der Waals surface area contributed by atoms with Crippen molar-refractivity contribution in [2.75, 3.05) is 11.9 Å². The highest BCUT2D eigenvalue weighted by atomic mass is 15.3. The van der Waals surface area contributed by atoms with E-state index in [-0.39, 0.29) is 17.4 Å². The summed E-state index contributed by atoms with van der Waals surface area (Å²) in [5.74, 6) is 1.27. The summed E-state index contributed by atoms with van der Waals surface area (Å²) in [4.78, 5) is 15.7. The lowest BCUT2D eigenvalue weighted by Gasteiger charge is -2.42. The maximum Gasteiger partial charge on any atom is 0.197 e. The molecule has 0 bridgehead atoms. The smallest absolute Gasteiger partial charge is 0.197 e. The van der Waals surface area contributed by atoms with Gasteiger partial charge in [-0.05, 0) is 28.7 Å². The zero-order valence-electron chi connectivity index (χ0n) is 15.6. The summed E-state index contributed by atoms with van der Waals surface area (Å²) in [5, 5.41) is 18.7. The molecule has 1 aliphatic heterocycles. The van der Waals surface area contributed by atoms with Crippen molar-refractivity contribution in [3.63, 3.8) is 0 Å². The predicted molar refractivity (Wildman–Crippen MR) is 109 cm³/mol. The minimum Gasteiger partial charge on any atom is -0.344 e. The van der Waals surface area contributed by atoms with Crippen LogP contribution >= 0.6 is 0 Å². The molecule has 0 spiro atoms. The Hall–Kier alpha value is -4.03. The number of aromatic nitrogens is 2. The zero-order valence-corrected chi connectivity index (χ0v) is 15.6. The average Bonchev–Trinajstić information content (AvgIpc) is 2.77. The molecule has 4 aliphatic rings. The molecule has 2 atom stereocenters. The Morgan fingerprint density at radius 1 is 1.10 bits per heavy atom. The Morgan fingerprint density at radius 3 is 2.76 bits per heavy atom. The number of fused-ring (bicyclic) bond motifs is 4. The summed E-state index contributed by atoms with van der Waals surface area (Å²) >= 11 is 0. The van der Waals surface area contributed by atoms with Crippen LogP contribution in [0.15, 0.2) is 47.0 Å². The molecule has 1 aromatic carbocycles. The summed E-state index contributed by atoms with van der Waals surface area (Å²) in [6.45, 7) is 0. The number of aliphatic imine (C=N–C) groups is 1. The van der Waals surface area contributed by atoms with E-state index in [2.05, 4.69) is 52.5 Å². The first-order chi connectivity index (χ1) is 14.2. The van der Waals surface area contributed by atoms with Crippen molar-refractivity contribution in [2.24, 2.45) is 10.9 Å². The third kappa shape index (κ3) is 1.95. The summed E-state index contributed by atoms with van der Waals surface area (Å²) in [6, 6.07) is 10.2. The highest BCUT2D eigenvalue weighted by molar-refractivity contribution is 6.19. The summed E-state index contributed by atoms with van der Waals surface area (Å²) in [5.41, 5.74) is 7.15. The van der Waals surface area contributed by atoms with Crippen LogP contribution in [-0.4, -0.2) is 22.7 Å². The molecule has 1 aromatic heterocycles. The van der Waals surface area contributed by atoms with E-state index in [1.807, 2.05) is 24.1 Å². The van der Waals surface area contributed by atoms with Crippen LogP contribution < -0.4 is 4.90 Å². The van der Waals surface area contributed by atoms with Gasteiger partial charge in [-0.2, -0.15) is 10.5 Å². The number of nitriles is 2. The van der Waals surface area contributed by atoms with Gasteiger partial charge in [0.05, 0.1) is 11.8 Å². The van der Waals surface area contributed by atoms with Crippen LogP contribution in [0, 0.1) is 28.6 Å². The van der Waals surface area contributed by atoms with E-state index in [1.54, 1.807) is 0 Å². The van der Waals surface area contributed by atoms with Crippen molar-refractivity contribution in [2.45, 2.75) is 12.5 Å². The number of rotatable bonds is 0. The topological polar surface area (TPSA) is 89.0 Å². The molecule has 0 saturated heterocycles. The van der Waals surface area contributed by atoms with Crippen molar-refractivity contribution >= 4 is 29.0 Å². The monoisotopic (exact) mass is 374 g/mol. The Balaban J connectivity index is 1.69. The van der Waals surface area contributed by atoms with Crippen LogP contribution in [-0.2, 0) is 0 Å². The van der Waals surface area contributed by atoms with Gasteiger partial charge in [0.2, 0.25) is 0 Å². The predicted octanol–water partition coefficient (Wildman–Crippen LogP) is 3.85. The van der Waals surface area contributed by atoms with Crippen LogP contribution in [0.3, 0.4) is 0 Å². The minimum absolute atomic E-state index is 0.0104. The Kier molecular flexibility index (Phi) is 3.03. The van der Waals surface area contributed by atoms with Crippen LogP contribution in [0.2, 0.25) is 0 Å². The first-order valence-electron chi connectivity index (χ1n) is 9.47. The molecule has 0 radical (unpaired) electrons. The van der Waals surface area contributed by atoms with Gasteiger partial charge < -0.3 is 4.90 Å². The second kappa shape index (κ2) is 5.50. The number of hydrogen-bond donors (Lipinski definition) is 0. The Labute approximate surface area is 167 Å². The van der Waals surface area contributed by atoms with Crippen molar-refractivity contribution in [3.05, 3.63) is 70.1 Å². The molecular formula is C23H14N6. The van der Waals surface area contributed by atoms with E-state index in [0.29, 0.717) is 17.6 Å². The minimum atomic E-state index is -0.111. The lowest BCUT2D eigenvalue weighted by Crippen LogP contribution is -2.39.